The van der Waals surface area contributed by atoms with E-state index in [0.717, 1.165) is 4.90 Å². The van der Waals surface area contributed by atoms with Gasteiger partial charge in [-0.05, 0) is 38.1 Å². The Kier molecular flexibility index (Phi) is 8.57. The van der Waals surface area contributed by atoms with Gasteiger partial charge < -0.3 is 20.1 Å². The van der Waals surface area contributed by atoms with Crippen molar-refractivity contribution < 1.29 is 19.1 Å². The average Bonchev–Trinajstić information content (AvgIpc) is 2.82. The van der Waals surface area contributed by atoms with Gasteiger partial charge in [-0.1, -0.05) is 36.4 Å². The molecule has 0 aliphatic rings. The van der Waals surface area contributed by atoms with Crippen molar-refractivity contribution >= 4 is 35.0 Å². The molecule has 0 heterocycles. The molecule has 7 heteroatoms. The highest BCUT2D eigenvalue weighted by atomic mass is 32.2. The van der Waals surface area contributed by atoms with Crippen LogP contribution in [0, 0.1) is 0 Å². The summed E-state index contributed by atoms with van der Waals surface area (Å²) in [5.41, 5.74) is 1.50. The monoisotopic (exact) mass is 450 g/mol. The van der Waals surface area contributed by atoms with Crippen LogP contribution in [0.5, 0.6) is 11.5 Å². The molecule has 0 fully saturated rings. The molecule has 32 heavy (non-hydrogen) atoms. The van der Waals surface area contributed by atoms with Crippen LogP contribution in [0.3, 0.4) is 0 Å². The van der Waals surface area contributed by atoms with Gasteiger partial charge in [0.15, 0.2) is 0 Å². The highest BCUT2D eigenvalue weighted by Gasteiger charge is 2.17. The predicted octanol–water partition coefficient (Wildman–Crippen LogP) is 5.47. The topological polar surface area (TPSA) is 76.7 Å². The van der Waals surface area contributed by atoms with Crippen molar-refractivity contribution in [1.29, 1.82) is 0 Å². The van der Waals surface area contributed by atoms with Crippen molar-refractivity contribution in [3.63, 3.8) is 0 Å². The molecule has 0 unspecified atom stereocenters. The minimum absolute atomic E-state index is 0.164. The molecule has 0 spiro atoms. The number of thioether (sulfide) groups is 1. The first kappa shape index (κ1) is 23.2. The van der Waals surface area contributed by atoms with Crippen molar-refractivity contribution in [2.75, 3.05) is 29.6 Å². The standard InChI is InChI=1S/C25H26N2O4S/c1-3-30-22-16-21(27-25(29)18-11-7-5-8-12-18)23(31-4-2)15-20(22)26-24(28)17-32-19-13-9-6-10-14-19/h5-16H,3-4,17H2,1-2H3,(H,26,28)(H,27,29). The van der Waals surface area contributed by atoms with Crippen LogP contribution in [-0.2, 0) is 4.79 Å². The summed E-state index contributed by atoms with van der Waals surface area (Å²) in [6.45, 7) is 4.52. The van der Waals surface area contributed by atoms with Crippen LogP contribution >= 0.6 is 11.8 Å². The van der Waals surface area contributed by atoms with Crippen LogP contribution in [0.2, 0.25) is 0 Å². The lowest BCUT2D eigenvalue weighted by Gasteiger charge is -2.18. The number of nitrogens with one attached hydrogen (secondary N) is 2. The maximum Gasteiger partial charge on any atom is 0.255 e. The van der Waals surface area contributed by atoms with E-state index in [4.69, 9.17) is 9.47 Å². The third kappa shape index (κ3) is 6.52. The van der Waals surface area contributed by atoms with E-state index < -0.39 is 0 Å². The Morgan fingerprint density at radius 1 is 0.781 bits per heavy atom. The fraction of sp³-hybridized carbons (Fsp3) is 0.200. The summed E-state index contributed by atoms with van der Waals surface area (Å²) in [6, 6.07) is 22.0. The van der Waals surface area contributed by atoms with E-state index in [0.29, 0.717) is 41.7 Å². The minimum Gasteiger partial charge on any atom is -0.492 e. The number of anilines is 2. The number of benzene rings is 3. The molecule has 0 bridgehead atoms. The molecule has 166 valence electrons. The normalized spacial score (nSPS) is 10.3. The summed E-state index contributed by atoms with van der Waals surface area (Å²) in [5, 5.41) is 5.78. The molecule has 0 atom stereocenters. The van der Waals surface area contributed by atoms with Crippen LogP contribution in [0.25, 0.3) is 0 Å². The Balaban J connectivity index is 1.80. The maximum absolute atomic E-state index is 12.6. The largest absolute Gasteiger partial charge is 0.492 e. The van der Waals surface area contributed by atoms with Crippen molar-refractivity contribution in [3.05, 3.63) is 78.4 Å². The van der Waals surface area contributed by atoms with Crippen molar-refractivity contribution in [1.82, 2.24) is 0 Å². The molecule has 6 nitrogen and oxygen atoms in total. The van der Waals surface area contributed by atoms with Gasteiger partial charge in [0.25, 0.3) is 5.91 Å². The molecule has 0 aliphatic carbocycles. The SMILES string of the molecule is CCOc1cc(NC(=O)c2ccccc2)c(OCC)cc1NC(=O)CSc1ccccc1. The van der Waals surface area contributed by atoms with Gasteiger partial charge in [0.05, 0.1) is 30.3 Å². The van der Waals surface area contributed by atoms with E-state index in [1.807, 2.05) is 50.2 Å². The summed E-state index contributed by atoms with van der Waals surface area (Å²) in [6.07, 6.45) is 0. The van der Waals surface area contributed by atoms with Crippen LogP contribution in [0.1, 0.15) is 24.2 Å². The quantitative estimate of drug-likeness (QED) is 0.401. The molecule has 3 rings (SSSR count). The van der Waals surface area contributed by atoms with Crippen LogP contribution < -0.4 is 20.1 Å². The Hall–Kier alpha value is -3.45. The molecule has 2 N–H and O–H groups in total. The fourth-order valence-electron chi connectivity index (χ4n) is 2.94. The molecule has 3 aromatic carbocycles. The van der Waals surface area contributed by atoms with E-state index in [1.54, 1.807) is 36.4 Å². The fourth-order valence-corrected chi connectivity index (χ4v) is 3.66. The van der Waals surface area contributed by atoms with Crippen molar-refractivity contribution in [3.8, 4) is 11.5 Å². The second-order valence-electron chi connectivity index (χ2n) is 6.68. The first-order chi connectivity index (χ1) is 15.6. The van der Waals surface area contributed by atoms with E-state index in [9.17, 15) is 9.59 Å². The summed E-state index contributed by atoms with van der Waals surface area (Å²) >= 11 is 1.45. The molecular formula is C25H26N2O4S. The molecule has 0 aromatic heterocycles. The first-order valence-corrected chi connectivity index (χ1v) is 11.4. The van der Waals surface area contributed by atoms with E-state index >= 15 is 0 Å². The first-order valence-electron chi connectivity index (χ1n) is 10.4. The Morgan fingerprint density at radius 2 is 1.31 bits per heavy atom. The van der Waals surface area contributed by atoms with Crippen molar-refractivity contribution in [2.45, 2.75) is 18.7 Å². The molecular weight excluding hydrogens is 424 g/mol. The Bertz CT molecular complexity index is 1040. The Morgan fingerprint density at radius 3 is 1.88 bits per heavy atom. The lowest BCUT2D eigenvalue weighted by atomic mass is 10.2. The van der Waals surface area contributed by atoms with Crippen LogP contribution in [0.15, 0.2) is 77.7 Å². The molecule has 3 aromatic rings. The number of carbonyl (C=O) groups excluding carboxylic acids is 2. The number of amides is 2. The second kappa shape index (κ2) is 11.8. The number of hydrogen-bond acceptors (Lipinski definition) is 5. The van der Waals surface area contributed by atoms with Gasteiger partial charge in [0.2, 0.25) is 5.91 Å². The third-order valence-electron chi connectivity index (χ3n) is 4.35. The molecule has 2 amide bonds. The zero-order valence-electron chi connectivity index (χ0n) is 18.1. The van der Waals surface area contributed by atoms with Gasteiger partial charge >= 0.3 is 0 Å². The molecule has 0 saturated carbocycles. The lowest BCUT2D eigenvalue weighted by Crippen LogP contribution is -2.16. The Labute approximate surface area is 192 Å². The van der Waals surface area contributed by atoms with Gasteiger partial charge in [0.1, 0.15) is 11.5 Å². The summed E-state index contributed by atoms with van der Waals surface area (Å²) in [5.74, 6) is 0.739. The maximum atomic E-state index is 12.6. The zero-order chi connectivity index (χ0) is 22.8. The smallest absolute Gasteiger partial charge is 0.255 e. The number of carbonyl (C=O) groups is 2. The number of hydrogen-bond donors (Lipinski definition) is 2. The van der Waals surface area contributed by atoms with Gasteiger partial charge in [-0.15, -0.1) is 11.8 Å². The third-order valence-corrected chi connectivity index (χ3v) is 5.36. The number of ether oxygens (including phenoxy) is 2. The van der Waals surface area contributed by atoms with E-state index in [1.165, 1.54) is 11.8 Å². The molecule has 0 radical (unpaired) electrons. The van der Waals surface area contributed by atoms with E-state index in [-0.39, 0.29) is 17.6 Å². The van der Waals surface area contributed by atoms with Gasteiger partial charge in [-0.3, -0.25) is 9.59 Å². The van der Waals surface area contributed by atoms with Crippen molar-refractivity contribution in [2.24, 2.45) is 0 Å². The van der Waals surface area contributed by atoms with Gasteiger partial charge in [-0.25, -0.2) is 0 Å². The highest BCUT2D eigenvalue weighted by Crippen LogP contribution is 2.37. The molecule has 0 saturated heterocycles. The zero-order valence-corrected chi connectivity index (χ0v) is 18.9. The highest BCUT2D eigenvalue weighted by molar-refractivity contribution is 8.00. The minimum atomic E-state index is -0.259. The summed E-state index contributed by atoms with van der Waals surface area (Å²) in [4.78, 5) is 26.2. The number of rotatable bonds is 10. The summed E-state index contributed by atoms with van der Waals surface area (Å²) < 4.78 is 11.5. The van der Waals surface area contributed by atoms with Crippen LogP contribution in [0.4, 0.5) is 11.4 Å². The van der Waals surface area contributed by atoms with Gasteiger partial charge in [-0.2, -0.15) is 0 Å². The average molecular weight is 451 g/mol. The second-order valence-corrected chi connectivity index (χ2v) is 7.73. The molecule has 0 aliphatic heterocycles. The van der Waals surface area contributed by atoms with E-state index in [2.05, 4.69) is 10.6 Å². The predicted molar refractivity (Wildman–Crippen MR) is 129 cm³/mol. The van der Waals surface area contributed by atoms with Gasteiger partial charge in [0, 0.05) is 22.6 Å². The summed E-state index contributed by atoms with van der Waals surface area (Å²) in [7, 11) is 0. The van der Waals surface area contributed by atoms with Crippen LogP contribution in [-0.4, -0.2) is 30.8 Å². The lowest BCUT2D eigenvalue weighted by molar-refractivity contribution is -0.113.